The molecule has 0 unspecified atom stereocenters. The molecule has 0 atom stereocenters. The quantitative estimate of drug-likeness (QED) is 0.806. The van der Waals surface area contributed by atoms with Gasteiger partial charge in [-0.3, -0.25) is 0 Å². The number of aryl methyl sites for hydroxylation is 2. The van der Waals surface area contributed by atoms with E-state index in [-0.39, 0.29) is 6.61 Å². The van der Waals surface area contributed by atoms with E-state index in [1.165, 1.54) is 10.7 Å². The highest BCUT2D eigenvalue weighted by Crippen LogP contribution is 2.28. The first-order valence-electron chi connectivity index (χ1n) is 7.09. The van der Waals surface area contributed by atoms with E-state index < -0.39 is 11.6 Å². The van der Waals surface area contributed by atoms with Gasteiger partial charge in [0.25, 0.3) is 0 Å². The summed E-state index contributed by atoms with van der Waals surface area (Å²) < 4.78 is 28.3. The molecule has 4 nitrogen and oxygen atoms in total. The van der Waals surface area contributed by atoms with Gasteiger partial charge in [-0.05, 0) is 43.7 Å². The number of hydrogen-bond acceptors (Lipinski definition) is 3. The van der Waals surface area contributed by atoms with E-state index in [9.17, 15) is 13.9 Å². The molecule has 0 amide bonds. The van der Waals surface area contributed by atoms with Gasteiger partial charge in [-0.15, -0.1) is 5.10 Å². The van der Waals surface area contributed by atoms with Crippen LogP contribution in [0.15, 0.2) is 36.4 Å². The number of aromatic nitrogens is 3. The lowest BCUT2D eigenvalue weighted by molar-refractivity contribution is 0.277. The zero-order chi connectivity index (χ0) is 16.6. The molecule has 0 fully saturated rings. The summed E-state index contributed by atoms with van der Waals surface area (Å²) in [5.74, 6) is -1.88. The number of benzene rings is 2. The van der Waals surface area contributed by atoms with E-state index in [4.69, 9.17) is 0 Å². The Hall–Kier alpha value is -2.60. The Labute approximate surface area is 132 Å². The fourth-order valence-corrected chi connectivity index (χ4v) is 2.56. The maximum atomic E-state index is 13.6. The van der Waals surface area contributed by atoms with Gasteiger partial charge in [0, 0.05) is 5.56 Å². The monoisotopic (exact) mass is 315 g/mol. The Morgan fingerprint density at radius 3 is 2.48 bits per heavy atom. The molecule has 0 radical (unpaired) electrons. The second-order valence-electron chi connectivity index (χ2n) is 5.37. The Kier molecular flexibility index (Phi) is 3.92. The minimum Gasteiger partial charge on any atom is -0.390 e. The standard InChI is InChI=1S/C17H15F2N3O/c1-10-3-6-16(11(2)7-10)22-17(15(9-23)20-21-22)12-4-5-13(18)14(19)8-12/h3-8,23H,9H2,1-2H3. The molecule has 6 heteroatoms. The normalized spacial score (nSPS) is 11.0. The molecule has 0 bridgehead atoms. The van der Waals surface area contributed by atoms with E-state index >= 15 is 0 Å². The first-order valence-corrected chi connectivity index (χ1v) is 7.09. The summed E-state index contributed by atoms with van der Waals surface area (Å²) in [4.78, 5) is 0. The van der Waals surface area contributed by atoms with E-state index in [2.05, 4.69) is 10.3 Å². The molecule has 3 rings (SSSR count). The fourth-order valence-electron chi connectivity index (χ4n) is 2.56. The van der Waals surface area contributed by atoms with Gasteiger partial charge in [-0.1, -0.05) is 22.9 Å². The average Bonchev–Trinajstić information content (AvgIpc) is 2.93. The predicted molar refractivity (Wildman–Crippen MR) is 82.1 cm³/mol. The lowest BCUT2D eigenvalue weighted by atomic mass is 10.1. The van der Waals surface area contributed by atoms with Crippen LogP contribution in [-0.4, -0.2) is 20.1 Å². The largest absolute Gasteiger partial charge is 0.390 e. The summed E-state index contributed by atoms with van der Waals surface area (Å²) in [5, 5.41) is 17.5. The van der Waals surface area contributed by atoms with Crippen LogP contribution in [0, 0.1) is 25.5 Å². The Morgan fingerprint density at radius 1 is 1.04 bits per heavy atom. The maximum absolute atomic E-state index is 13.6. The third kappa shape index (κ3) is 2.73. The van der Waals surface area contributed by atoms with Crippen LogP contribution in [0.2, 0.25) is 0 Å². The fraction of sp³-hybridized carbons (Fsp3) is 0.176. The van der Waals surface area contributed by atoms with Crippen molar-refractivity contribution >= 4 is 0 Å². The van der Waals surface area contributed by atoms with Crippen LogP contribution in [0.25, 0.3) is 16.9 Å². The topological polar surface area (TPSA) is 50.9 Å². The molecule has 0 saturated carbocycles. The lowest BCUT2D eigenvalue weighted by Gasteiger charge is -2.11. The molecule has 3 aromatic rings. The van der Waals surface area contributed by atoms with Crippen LogP contribution >= 0.6 is 0 Å². The van der Waals surface area contributed by atoms with E-state index in [0.29, 0.717) is 17.0 Å². The first-order chi connectivity index (χ1) is 11.0. The van der Waals surface area contributed by atoms with Crippen molar-refractivity contribution in [2.45, 2.75) is 20.5 Å². The van der Waals surface area contributed by atoms with Crippen molar-refractivity contribution in [2.24, 2.45) is 0 Å². The molecule has 0 saturated heterocycles. The molecule has 1 heterocycles. The number of halogens is 2. The summed E-state index contributed by atoms with van der Waals surface area (Å²) in [7, 11) is 0. The van der Waals surface area contributed by atoms with E-state index in [0.717, 1.165) is 28.9 Å². The zero-order valence-corrected chi connectivity index (χ0v) is 12.7. The van der Waals surface area contributed by atoms with E-state index in [1.807, 2.05) is 32.0 Å². The van der Waals surface area contributed by atoms with Crippen LogP contribution in [0.3, 0.4) is 0 Å². The molecular weight excluding hydrogens is 300 g/mol. The van der Waals surface area contributed by atoms with Crippen LogP contribution in [0.4, 0.5) is 8.78 Å². The third-order valence-corrected chi connectivity index (χ3v) is 3.66. The van der Waals surface area contributed by atoms with Crippen molar-refractivity contribution in [3.63, 3.8) is 0 Å². The van der Waals surface area contributed by atoms with Gasteiger partial charge in [-0.25, -0.2) is 13.5 Å². The number of nitrogens with zero attached hydrogens (tertiary/aromatic N) is 3. The highest BCUT2D eigenvalue weighted by Gasteiger charge is 2.18. The minimum atomic E-state index is -0.959. The molecule has 0 aliphatic heterocycles. The Morgan fingerprint density at radius 2 is 1.83 bits per heavy atom. The molecular formula is C17H15F2N3O. The Balaban J connectivity index is 2.23. The SMILES string of the molecule is Cc1ccc(-n2nnc(CO)c2-c2ccc(F)c(F)c2)c(C)c1. The summed E-state index contributed by atoms with van der Waals surface area (Å²) in [6.07, 6.45) is 0. The van der Waals surface area contributed by atoms with E-state index in [1.54, 1.807) is 0 Å². The predicted octanol–water partition coefficient (Wildman–Crippen LogP) is 3.32. The van der Waals surface area contributed by atoms with Gasteiger partial charge in [0.2, 0.25) is 0 Å². The number of aliphatic hydroxyl groups is 1. The summed E-state index contributed by atoms with van der Waals surface area (Å²) in [6, 6.07) is 9.36. The van der Waals surface area contributed by atoms with Crippen molar-refractivity contribution in [3.05, 3.63) is 64.9 Å². The van der Waals surface area contributed by atoms with Crippen LogP contribution in [0.5, 0.6) is 0 Å². The molecule has 0 aliphatic carbocycles. The molecule has 0 aliphatic rings. The van der Waals surface area contributed by atoms with Crippen molar-refractivity contribution < 1.29 is 13.9 Å². The van der Waals surface area contributed by atoms with Gasteiger partial charge in [-0.2, -0.15) is 0 Å². The van der Waals surface area contributed by atoms with Crippen LogP contribution in [0.1, 0.15) is 16.8 Å². The molecule has 1 N–H and O–H groups in total. The first kappa shape index (κ1) is 15.3. The summed E-state index contributed by atoms with van der Waals surface area (Å²) in [6.45, 7) is 3.56. The molecule has 118 valence electrons. The van der Waals surface area contributed by atoms with Crippen LogP contribution < -0.4 is 0 Å². The minimum absolute atomic E-state index is 0.302. The molecule has 2 aromatic carbocycles. The molecule has 0 spiro atoms. The van der Waals surface area contributed by atoms with Crippen LogP contribution in [-0.2, 0) is 6.61 Å². The highest BCUT2D eigenvalue weighted by atomic mass is 19.2. The number of hydrogen-bond donors (Lipinski definition) is 1. The zero-order valence-electron chi connectivity index (χ0n) is 12.7. The van der Waals surface area contributed by atoms with Gasteiger partial charge in [0.1, 0.15) is 11.4 Å². The lowest BCUT2D eigenvalue weighted by Crippen LogP contribution is -2.03. The maximum Gasteiger partial charge on any atom is 0.159 e. The number of rotatable bonds is 3. The highest BCUT2D eigenvalue weighted by molar-refractivity contribution is 5.65. The average molecular weight is 315 g/mol. The second kappa shape index (κ2) is 5.89. The second-order valence-corrected chi connectivity index (χ2v) is 5.37. The van der Waals surface area contributed by atoms with Crippen molar-refractivity contribution in [1.29, 1.82) is 0 Å². The van der Waals surface area contributed by atoms with Crippen molar-refractivity contribution in [2.75, 3.05) is 0 Å². The van der Waals surface area contributed by atoms with Gasteiger partial charge >= 0.3 is 0 Å². The third-order valence-electron chi connectivity index (χ3n) is 3.66. The molecule has 1 aromatic heterocycles. The van der Waals surface area contributed by atoms with Gasteiger partial charge in [0.15, 0.2) is 11.6 Å². The van der Waals surface area contributed by atoms with Crippen molar-refractivity contribution in [1.82, 2.24) is 15.0 Å². The van der Waals surface area contributed by atoms with Gasteiger partial charge < -0.3 is 5.11 Å². The summed E-state index contributed by atoms with van der Waals surface area (Å²) >= 11 is 0. The van der Waals surface area contributed by atoms with Crippen molar-refractivity contribution in [3.8, 4) is 16.9 Å². The molecule has 23 heavy (non-hydrogen) atoms. The Bertz CT molecular complexity index is 874. The van der Waals surface area contributed by atoms with Gasteiger partial charge in [0.05, 0.1) is 12.3 Å². The summed E-state index contributed by atoms with van der Waals surface area (Å²) in [5.41, 5.74) is 3.97. The number of aliphatic hydroxyl groups excluding tert-OH is 1. The smallest absolute Gasteiger partial charge is 0.159 e.